The predicted molar refractivity (Wildman–Crippen MR) is 105 cm³/mol. The highest BCUT2D eigenvalue weighted by molar-refractivity contribution is 9.10. The van der Waals surface area contributed by atoms with Crippen LogP contribution in [0.2, 0.25) is 0 Å². The Bertz CT molecular complexity index is 777. The third-order valence-electron chi connectivity index (χ3n) is 5.05. The molecule has 0 atom stereocenters. The largest absolute Gasteiger partial charge is 0.465 e. The minimum atomic E-state index is -0.835. The Labute approximate surface area is 162 Å². The highest BCUT2D eigenvalue weighted by Gasteiger charge is 2.28. The van der Waals surface area contributed by atoms with E-state index >= 15 is 0 Å². The number of piperidine rings is 1. The zero-order valence-corrected chi connectivity index (χ0v) is 17.1. The van der Waals surface area contributed by atoms with Crippen molar-refractivity contribution in [2.45, 2.75) is 45.6 Å². The topological polar surface area (TPSA) is 74.0 Å². The second-order valence-electron chi connectivity index (χ2n) is 7.87. The van der Waals surface area contributed by atoms with Crippen molar-refractivity contribution >= 4 is 33.5 Å². The number of rotatable bonds is 4. The van der Waals surface area contributed by atoms with Crippen molar-refractivity contribution in [2.75, 3.05) is 24.5 Å². The Morgan fingerprint density at radius 1 is 1.35 bits per heavy atom. The molecule has 3 rings (SSSR count). The number of carboxylic acid groups (broad SMARTS) is 1. The molecule has 0 bridgehead atoms. The summed E-state index contributed by atoms with van der Waals surface area (Å²) in [6.07, 6.45) is 3.95. The summed E-state index contributed by atoms with van der Waals surface area (Å²) in [7, 11) is 0. The summed E-state index contributed by atoms with van der Waals surface area (Å²) in [5.74, 6) is 1.51. The first kappa shape index (κ1) is 18.9. The van der Waals surface area contributed by atoms with Crippen LogP contribution in [0, 0.1) is 5.92 Å². The molecule has 1 aliphatic rings. The van der Waals surface area contributed by atoms with E-state index in [-0.39, 0.29) is 5.54 Å². The molecular weight excluding hydrogens is 398 g/mol. The SMILES string of the molecule is CC(C)(C)N(CCC1CCN(c2ccc3ncc(Br)n3n2)CC1)C(=O)O. The van der Waals surface area contributed by atoms with E-state index in [9.17, 15) is 9.90 Å². The monoisotopic (exact) mass is 423 g/mol. The van der Waals surface area contributed by atoms with E-state index in [0.717, 1.165) is 48.4 Å². The van der Waals surface area contributed by atoms with Crippen LogP contribution in [0.25, 0.3) is 5.65 Å². The third-order valence-corrected chi connectivity index (χ3v) is 5.59. The molecular formula is C18H26BrN5O2. The lowest BCUT2D eigenvalue weighted by Crippen LogP contribution is -2.46. The molecule has 0 spiro atoms. The van der Waals surface area contributed by atoms with Gasteiger partial charge in [-0.05, 0) is 74.0 Å². The molecule has 8 heteroatoms. The maximum atomic E-state index is 11.5. The Morgan fingerprint density at radius 3 is 2.65 bits per heavy atom. The molecule has 0 saturated carbocycles. The fourth-order valence-electron chi connectivity index (χ4n) is 3.48. The first-order chi connectivity index (χ1) is 12.3. The van der Waals surface area contributed by atoms with Gasteiger partial charge in [0.25, 0.3) is 0 Å². The summed E-state index contributed by atoms with van der Waals surface area (Å²) in [4.78, 5) is 19.6. The van der Waals surface area contributed by atoms with Crippen molar-refractivity contribution in [2.24, 2.45) is 5.92 Å². The van der Waals surface area contributed by atoms with E-state index < -0.39 is 6.09 Å². The van der Waals surface area contributed by atoms with Crippen molar-refractivity contribution in [1.29, 1.82) is 0 Å². The highest BCUT2D eigenvalue weighted by Crippen LogP contribution is 2.26. The Kier molecular flexibility index (Phi) is 5.41. The Morgan fingerprint density at radius 2 is 2.04 bits per heavy atom. The fraction of sp³-hybridized carbons (Fsp3) is 0.611. The second kappa shape index (κ2) is 7.42. The van der Waals surface area contributed by atoms with E-state index in [1.807, 2.05) is 32.9 Å². The number of amides is 1. The summed E-state index contributed by atoms with van der Waals surface area (Å²) in [5.41, 5.74) is 0.468. The number of fused-ring (bicyclic) bond motifs is 1. The zero-order chi connectivity index (χ0) is 18.9. The number of aromatic nitrogens is 3. The van der Waals surface area contributed by atoms with E-state index in [1.54, 1.807) is 15.6 Å². The number of hydrogen-bond acceptors (Lipinski definition) is 4. The van der Waals surface area contributed by atoms with Gasteiger partial charge in [-0.3, -0.25) is 0 Å². The Hall–Kier alpha value is -1.83. The van der Waals surface area contributed by atoms with Gasteiger partial charge in [0.2, 0.25) is 0 Å². The van der Waals surface area contributed by atoms with Gasteiger partial charge in [0.15, 0.2) is 5.65 Å². The van der Waals surface area contributed by atoms with Gasteiger partial charge >= 0.3 is 6.09 Å². The third kappa shape index (κ3) is 4.11. The van der Waals surface area contributed by atoms with E-state index in [4.69, 9.17) is 0 Å². The van der Waals surface area contributed by atoms with Gasteiger partial charge in [-0.15, -0.1) is 5.10 Å². The minimum Gasteiger partial charge on any atom is -0.465 e. The van der Waals surface area contributed by atoms with Crippen LogP contribution >= 0.6 is 15.9 Å². The number of anilines is 1. The smallest absolute Gasteiger partial charge is 0.407 e. The molecule has 7 nitrogen and oxygen atoms in total. The van der Waals surface area contributed by atoms with Crippen LogP contribution in [0.4, 0.5) is 10.6 Å². The van der Waals surface area contributed by atoms with Crippen LogP contribution in [0.1, 0.15) is 40.0 Å². The van der Waals surface area contributed by atoms with Crippen molar-refractivity contribution in [1.82, 2.24) is 19.5 Å². The van der Waals surface area contributed by atoms with Crippen LogP contribution < -0.4 is 4.90 Å². The molecule has 0 unspecified atom stereocenters. The average molecular weight is 424 g/mol. The molecule has 1 fully saturated rings. The molecule has 0 radical (unpaired) electrons. The summed E-state index contributed by atoms with van der Waals surface area (Å²) < 4.78 is 2.65. The molecule has 0 aromatic carbocycles. The number of nitrogens with zero attached hydrogens (tertiary/aromatic N) is 5. The van der Waals surface area contributed by atoms with Gasteiger partial charge in [0.1, 0.15) is 10.4 Å². The van der Waals surface area contributed by atoms with Crippen LogP contribution in [-0.2, 0) is 0 Å². The van der Waals surface area contributed by atoms with Crippen molar-refractivity contribution < 1.29 is 9.90 Å². The fourth-order valence-corrected chi connectivity index (χ4v) is 3.85. The van der Waals surface area contributed by atoms with Crippen LogP contribution in [-0.4, -0.2) is 55.9 Å². The molecule has 2 aromatic rings. The van der Waals surface area contributed by atoms with Crippen molar-refractivity contribution in [3.05, 3.63) is 22.9 Å². The van der Waals surface area contributed by atoms with Crippen molar-refractivity contribution in [3.8, 4) is 0 Å². The Balaban J connectivity index is 1.56. The van der Waals surface area contributed by atoms with Gasteiger partial charge < -0.3 is 14.9 Å². The first-order valence-corrected chi connectivity index (χ1v) is 9.81. The van der Waals surface area contributed by atoms with Gasteiger partial charge in [-0.25, -0.2) is 14.3 Å². The number of imidazole rings is 1. The van der Waals surface area contributed by atoms with Crippen molar-refractivity contribution in [3.63, 3.8) is 0 Å². The summed E-state index contributed by atoms with van der Waals surface area (Å²) in [6, 6.07) is 3.99. The number of carbonyl (C=O) groups is 1. The van der Waals surface area contributed by atoms with E-state index in [0.29, 0.717) is 12.5 Å². The lowest BCUT2D eigenvalue weighted by atomic mass is 9.92. The molecule has 1 aliphatic heterocycles. The van der Waals surface area contributed by atoms with Gasteiger partial charge in [0.05, 0.1) is 6.20 Å². The molecule has 1 saturated heterocycles. The number of hydrogen-bond donors (Lipinski definition) is 1. The van der Waals surface area contributed by atoms with Crippen LogP contribution in [0.15, 0.2) is 22.9 Å². The first-order valence-electron chi connectivity index (χ1n) is 9.01. The minimum absolute atomic E-state index is 0.357. The summed E-state index contributed by atoms with van der Waals surface area (Å²) in [5, 5.41) is 14.1. The van der Waals surface area contributed by atoms with Gasteiger partial charge in [-0.1, -0.05) is 0 Å². The molecule has 1 amide bonds. The molecule has 0 aliphatic carbocycles. The van der Waals surface area contributed by atoms with Crippen LogP contribution in [0.3, 0.4) is 0 Å². The second-order valence-corrected chi connectivity index (χ2v) is 8.68. The lowest BCUT2D eigenvalue weighted by Gasteiger charge is -2.36. The van der Waals surface area contributed by atoms with Crippen LogP contribution in [0.5, 0.6) is 0 Å². The summed E-state index contributed by atoms with van der Waals surface area (Å²) >= 11 is 3.46. The molecule has 3 heterocycles. The quantitative estimate of drug-likeness (QED) is 0.807. The standard InChI is InChI=1S/C18H26BrN5O2/c1-18(2,3)23(17(25)26)11-8-13-6-9-22(10-7-13)16-5-4-15-20-12-14(19)24(15)21-16/h4-5,12-13H,6-11H2,1-3H3,(H,25,26). The van der Waals surface area contributed by atoms with E-state index in [1.165, 1.54) is 0 Å². The molecule has 142 valence electrons. The summed E-state index contributed by atoms with van der Waals surface area (Å²) in [6.45, 7) is 8.31. The zero-order valence-electron chi connectivity index (χ0n) is 15.5. The van der Waals surface area contributed by atoms with Gasteiger partial charge in [-0.2, -0.15) is 0 Å². The van der Waals surface area contributed by atoms with Gasteiger partial charge in [0, 0.05) is 25.2 Å². The molecule has 1 N–H and O–H groups in total. The molecule has 26 heavy (non-hydrogen) atoms. The van der Waals surface area contributed by atoms with E-state index in [2.05, 4.69) is 30.9 Å². The maximum absolute atomic E-state index is 11.5. The molecule has 2 aromatic heterocycles. The lowest BCUT2D eigenvalue weighted by molar-refractivity contribution is 0.0949. The predicted octanol–water partition coefficient (Wildman–Crippen LogP) is 3.88. The number of halogens is 1. The average Bonchev–Trinajstić information content (AvgIpc) is 2.95. The highest BCUT2D eigenvalue weighted by atomic mass is 79.9. The maximum Gasteiger partial charge on any atom is 0.407 e. The normalized spacial score (nSPS) is 16.2.